The van der Waals surface area contributed by atoms with Gasteiger partial charge in [-0.15, -0.1) is 0 Å². The third kappa shape index (κ3) is 3.95. The van der Waals surface area contributed by atoms with Gasteiger partial charge in [0.2, 0.25) is 10.0 Å². The number of nitrogens with two attached hydrogens (primary N) is 1. The standard InChI is InChI=1S/C14H20N2O4S/c15-21(19,20)11-6-7-13(12(10-11)14(17)18)16-8-4-2-1-3-5-9-16/h6-7,10H,1-5,8-9H2,(H,17,18)(H2,15,19,20). The van der Waals surface area contributed by atoms with Gasteiger partial charge >= 0.3 is 5.97 Å². The summed E-state index contributed by atoms with van der Waals surface area (Å²) in [6, 6.07) is 4.06. The first-order valence-electron chi connectivity index (χ1n) is 7.04. The van der Waals surface area contributed by atoms with Crippen molar-refractivity contribution in [2.75, 3.05) is 18.0 Å². The van der Waals surface area contributed by atoms with Gasteiger partial charge in [-0.1, -0.05) is 19.3 Å². The van der Waals surface area contributed by atoms with E-state index in [0.29, 0.717) is 5.69 Å². The molecule has 0 bridgehead atoms. The largest absolute Gasteiger partial charge is 0.478 e. The molecule has 1 saturated heterocycles. The molecule has 0 radical (unpaired) electrons. The van der Waals surface area contributed by atoms with Crippen molar-refractivity contribution < 1.29 is 18.3 Å². The lowest BCUT2D eigenvalue weighted by molar-refractivity contribution is 0.0697. The van der Waals surface area contributed by atoms with Gasteiger partial charge in [-0.2, -0.15) is 0 Å². The molecule has 1 aliphatic heterocycles. The van der Waals surface area contributed by atoms with E-state index in [-0.39, 0.29) is 10.5 Å². The van der Waals surface area contributed by atoms with Crippen molar-refractivity contribution in [1.29, 1.82) is 0 Å². The lowest BCUT2D eigenvalue weighted by atomic mass is 10.1. The zero-order valence-corrected chi connectivity index (χ0v) is 12.6. The van der Waals surface area contributed by atoms with Crippen LogP contribution in [0.5, 0.6) is 0 Å². The molecule has 7 heteroatoms. The molecule has 0 amide bonds. The zero-order chi connectivity index (χ0) is 15.5. The number of nitrogens with zero attached hydrogens (tertiary/aromatic N) is 1. The van der Waals surface area contributed by atoms with Gasteiger partial charge < -0.3 is 10.0 Å². The Hall–Kier alpha value is -1.60. The molecule has 3 N–H and O–H groups in total. The number of aromatic carboxylic acids is 1. The third-order valence-electron chi connectivity index (χ3n) is 3.72. The lowest BCUT2D eigenvalue weighted by Crippen LogP contribution is -2.29. The molecule has 1 fully saturated rings. The summed E-state index contributed by atoms with van der Waals surface area (Å²) < 4.78 is 22.7. The van der Waals surface area contributed by atoms with Gasteiger partial charge in [0, 0.05) is 13.1 Å². The van der Waals surface area contributed by atoms with Crippen LogP contribution in [-0.2, 0) is 10.0 Å². The fourth-order valence-electron chi connectivity index (χ4n) is 2.63. The smallest absolute Gasteiger partial charge is 0.337 e. The zero-order valence-electron chi connectivity index (χ0n) is 11.8. The van der Waals surface area contributed by atoms with Crippen LogP contribution in [0.2, 0.25) is 0 Å². The molecule has 0 spiro atoms. The van der Waals surface area contributed by atoms with Gasteiger partial charge in [0.25, 0.3) is 0 Å². The number of sulfonamides is 1. The highest BCUT2D eigenvalue weighted by Gasteiger charge is 2.20. The number of carboxylic acids is 1. The number of hydrogen-bond donors (Lipinski definition) is 2. The lowest BCUT2D eigenvalue weighted by Gasteiger charge is -2.28. The Morgan fingerprint density at radius 1 is 1.10 bits per heavy atom. The molecule has 0 atom stereocenters. The van der Waals surface area contributed by atoms with E-state index in [2.05, 4.69) is 0 Å². The van der Waals surface area contributed by atoms with Crippen LogP contribution in [0.4, 0.5) is 5.69 Å². The van der Waals surface area contributed by atoms with E-state index >= 15 is 0 Å². The van der Waals surface area contributed by atoms with Crippen LogP contribution in [0.15, 0.2) is 23.1 Å². The Kier molecular flexibility index (Phi) is 4.84. The molecule has 2 rings (SSSR count). The summed E-state index contributed by atoms with van der Waals surface area (Å²) >= 11 is 0. The summed E-state index contributed by atoms with van der Waals surface area (Å²) in [6.07, 6.45) is 5.50. The summed E-state index contributed by atoms with van der Waals surface area (Å²) in [7, 11) is -3.90. The van der Waals surface area contributed by atoms with E-state index in [1.54, 1.807) is 6.07 Å². The van der Waals surface area contributed by atoms with Gasteiger partial charge in [-0.3, -0.25) is 0 Å². The van der Waals surface area contributed by atoms with Crippen molar-refractivity contribution >= 4 is 21.7 Å². The number of primary sulfonamides is 1. The summed E-state index contributed by atoms with van der Waals surface area (Å²) in [6.45, 7) is 1.57. The van der Waals surface area contributed by atoms with Gasteiger partial charge in [-0.25, -0.2) is 18.4 Å². The summed E-state index contributed by atoms with van der Waals surface area (Å²) in [5, 5.41) is 14.4. The average Bonchev–Trinajstić information content (AvgIpc) is 2.36. The van der Waals surface area contributed by atoms with Gasteiger partial charge in [0.1, 0.15) is 0 Å². The van der Waals surface area contributed by atoms with Crippen molar-refractivity contribution in [2.24, 2.45) is 5.14 Å². The van der Waals surface area contributed by atoms with Crippen LogP contribution < -0.4 is 10.0 Å². The molecule has 1 aromatic rings. The Bertz CT molecular complexity index is 620. The number of carbonyl (C=O) groups is 1. The second-order valence-corrected chi connectivity index (χ2v) is 6.85. The highest BCUT2D eigenvalue weighted by atomic mass is 32.2. The maximum Gasteiger partial charge on any atom is 0.337 e. The molecule has 0 unspecified atom stereocenters. The van der Waals surface area contributed by atoms with Crippen molar-refractivity contribution in [3.05, 3.63) is 23.8 Å². The number of hydrogen-bond acceptors (Lipinski definition) is 4. The molecule has 0 saturated carbocycles. The van der Waals surface area contributed by atoms with E-state index in [9.17, 15) is 18.3 Å². The molecule has 1 aromatic carbocycles. The van der Waals surface area contributed by atoms with Crippen LogP contribution in [-0.4, -0.2) is 32.6 Å². The average molecular weight is 312 g/mol. The topological polar surface area (TPSA) is 101 Å². The van der Waals surface area contributed by atoms with E-state index in [0.717, 1.165) is 44.8 Å². The van der Waals surface area contributed by atoms with Crippen LogP contribution in [0.25, 0.3) is 0 Å². The van der Waals surface area contributed by atoms with Crippen molar-refractivity contribution in [1.82, 2.24) is 0 Å². The van der Waals surface area contributed by atoms with Crippen LogP contribution in [0, 0.1) is 0 Å². The highest BCUT2D eigenvalue weighted by molar-refractivity contribution is 7.89. The van der Waals surface area contributed by atoms with Crippen molar-refractivity contribution in [3.8, 4) is 0 Å². The van der Waals surface area contributed by atoms with E-state index in [1.807, 2.05) is 4.90 Å². The first-order valence-corrected chi connectivity index (χ1v) is 8.59. The number of anilines is 1. The molecular formula is C14H20N2O4S. The summed E-state index contributed by atoms with van der Waals surface area (Å²) in [5.74, 6) is -1.14. The van der Waals surface area contributed by atoms with Crippen LogP contribution in [0.1, 0.15) is 42.5 Å². The van der Waals surface area contributed by atoms with E-state index < -0.39 is 16.0 Å². The Balaban J connectivity index is 2.40. The Morgan fingerprint density at radius 2 is 1.67 bits per heavy atom. The summed E-state index contributed by atoms with van der Waals surface area (Å²) in [5.41, 5.74) is 0.555. The van der Waals surface area contributed by atoms with Crippen LogP contribution in [0.3, 0.4) is 0 Å². The fourth-order valence-corrected chi connectivity index (χ4v) is 3.17. The number of rotatable bonds is 3. The molecule has 116 valence electrons. The van der Waals surface area contributed by atoms with Gasteiger partial charge in [-0.05, 0) is 31.0 Å². The third-order valence-corrected chi connectivity index (χ3v) is 4.63. The predicted octanol–water partition coefficient (Wildman–Crippen LogP) is 1.80. The minimum absolute atomic E-state index is 0.0119. The van der Waals surface area contributed by atoms with Crippen molar-refractivity contribution in [2.45, 2.75) is 37.0 Å². The molecule has 6 nitrogen and oxygen atoms in total. The van der Waals surface area contributed by atoms with Gasteiger partial charge in [0.15, 0.2) is 0 Å². The number of carboxylic acid groups (broad SMARTS) is 1. The SMILES string of the molecule is NS(=O)(=O)c1ccc(N2CCCCCCC2)c(C(=O)O)c1. The Morgan fingerprint density at radius 3 is 2.19 bits per heavy atom. The molecule has 0 aromatic heterocycles. The second-order valence-electron chi connectivity index (χ2n) is 5.28. The fraction of sp³-hybridized carbons (Fsp3) is 0.500. The first kappa shape index (κ1) is 15.8. The number of benzene rings is 1. The van der Waals surface area contributed by atoms with E-state index in [4.69, 9.17) is 5.14 Å². The normalized spacial score (nSPS) is 17.1. The quantitative estimate of drug-likeness (QED) is 0.886. The first-order chi connectivity index (χ1) is 9.89. The second kappa shape index (κ2) is 6.44. The molecule has 0 aliphatic carbocycles. The molecule has 21 heavy (non-hydrogen) atoms. The molecule has 1 aliphatic rings. The molecular weight excluding hydrogens is 292 g/mol. The maximum atomic E-state index is 11.4. The van der Waals surface area contributed by atoms with Gasteiger partial charge in [0.05, 0.1) is 16.1 Å². The maximum absolute atomic E-state index is 11.4. The predicted molar refractivity (Wildman–Crippen MR) is 80.1 cm³/mol. The summed E-state index contributed by atoms with van der Waals surface area (Å²) in [4.78, 5) is 13.3. The van der Waals surface area contributed by atoms with E-state index in [1.165, 1.54) is 12.5 Å². The minimum atomic E-state index is -3.90. The monoisotopic (exact) mass is 312 g/mol. The Labute approximate surface area is 124 Å². The minimum Gasteiger partial charge on any atom is -0.478 e. The van der Waals surface area contributed by atoms with Crippen molar-refractivity contribution in [3.63, 3.8) is 0 Å². The highest BCUT2D eigenvalue weighted by Crippen LogP contribution is 2.26. The van der Waals surface area contributed by atoms with Crippen LogP contribution >= 0.6 is 0 Å². The molecule has 1 heterocycles.